The third kappa shape index (κ3) is 2.85. The zero-order chi connectivity index (χ0) is 14.8. The van der Waals surface area contributed by atoms with Crippen LogP contribution >= 0.6 is 11.3 Å². The molecule has 1 aliphatic heterocycles. The number of thiophene rings is 1. The Morgan fingerprint density at radius 1 is 1.43 bits per heavy atom. The van der Waals surface area contributed by atoms with Gasteiger partial charge in [-0.15, -0.1) is 11.3 Å². The third-order valence-corrected chi connectivity index (χ3v) is 4.56. The lowest BCUT2D eigenvalue weighted by molar-refractivity contribution is -0.135. The lowest BCUT2D eigenvalue weighted by Crippen LogP contribution is -2.38. The summed E-state index contributed by atoms with van der Waals surface area (Å²) in [5, 5.41) is 2.04. The Morgan fingerprint density at radius 3 is 3.05 bits per heavy atom. The van der Waals surface area contributed by atoms with Crippen LogP contribution < -0.4 is 0 Å². The first-order valence-electron chi connectivity index (χ1n) is 6.69. The quantitative estimate of drug-likeness (QED) is 0.817. The number of aryl methyl sites for hydroxylation is 1. The first kappa shape index (κ1) is 13.9. The van der Waals surface area contributed by atoms with Crippen molar-refractivity contribution in [3.8, 4) is 0 Å². The van der Waals surface area contributed by atoms with Gasteiger partial charge in [0.05, 0.1) is 6.26 Å². The summed E-state index contributed by atoms with van der Waals surface area (Å²) in [4.78, 5) is 27.0. The summed E-state index contributed by atoms with van der Waals surface area (Å²) >= 11 is 1.72. The van der Waals surface area contributed by atoms with E-state index in [1.165, 1.54) is 16.7 Å². The molecule has 0 aliphatic carbocycles. The summed E-state index contributed by atoms with van der Waals surface area (Å²) in [6, 6.07) is 3.72. The van der Waals surface area contributed by atoms with E-state index in [2.05, 4.69) is 0 Å². The van der Waals surface area contributed by atoms with Crippen LogP contribution in [0.5, 0.6) is 0 Å². The van der Waals surface area contributed by atoms with Crippen LogP contribution in [0, 0.1) is 6.92 Å². The Labute approximate surface area is 126 Å². The van der Waals surface area contributed by atoms with Crippen molar-refractivity contribution in [2.75, 3.05) is 13.2 Å². The van der Waals surface area contributed by atoms with E-state index >= 15 is 0 Å². The molecule has 3 heterocycles. The number of fused-ring (bicyclic) bond motifs is 1. The number of ether oxygens (including phenoxy) is 1. The molecule has 0 N–H and O–H groups in total. The van der Waals surface area contributed by atoms with E-state index in [1.54, 1.807) is 29.2 Å². The van der Waals surface area contributed by atoms with Gasteiger partial charge in [0.1, 0.15) is 0 Å². The molecule has 0 radical (unpaired) electrons. The van der Waals surface area contributed by atoms with E-state index in [4.69, 9.17) is 9.15 Å². The molecule has 21 heavy (non-hydrogen) atoms. The van der Waals surface area contributed by atoms with Crippen molar-refractivity contribution in [1.29, 1.82) is 0 Å². The highest BCUT2D eigenvalue weighted by Crippen LogP contribution is 2.24. The van der Waals surface area contributed by atoms with Crippen LogP contribution in [0.1, 0.15) is 26.6 Å². The second-order valence-corrected chi connectivity index (χ2v) is 5.94. The first-order chi connectivity index (χ1) is 10.1. The highest BCUT2D eigenvalue weighted by Gasteiger charge is 2.23. The summed E-state index contributed by atoms with van der Waals surface area (Å²) < 4.78 is 10.1. The lowest BCUT2D eigenvalue weighted by atomic mass is 10.1. The summed E-state index contributed by atoms with van der Waals surface area (Å²) in [6.45, 7) is 2.77. The highest BCUT2D eigenvalue weighted by molar-refractivity contribution is 7.10. The predicted octanol–water partition coefficient (Wildman–Crippen LogP) is 2.39. The molecule has 5 nitrogen and oxygen atoms in total. The number of carbonyl (C=O) groups is 2. The van der Waals surface area contributed by atoms with Crippen molar-refractivity contribution in [2.24, 2.45) is 0 Å². The van der Waals surface area contributed by atoms with Gasteiger partial charge >= 0.3 is 5.97 Å². The molecule has 6 heteroatoms. The summed E-state index contributed by atoms with van der Waals surface area (Å²) in [5.74, 6) is -0.620. The zero-order valence-corrected chi connectivity index (χ0v) is 12.4. The Bertz CT molecular complexity index is 673. The fraction of sp³-hybridized carbons (Fsp3) is 0.333. The SMILES string of the molecule is Cc1ccoc1C(=O)OCC(=O)N1CCc2sccc2C1. The van der Waals surface area contributed by atoms with Crippen molar-refractivity contribution in [3.05, 3.63) is 45.5 Å². The van der Waals surface area contributed by atoms with Gasteiger partial charge < -0.3 is 14.1 Å². The molecular formula is C15H15NO4S. The summed E-state index contributed by atoms with van der Waals surface area (Å²) in [6.07, 6.45) is 2.29. The minimum atomic E-state index is -0.598. The van der Waals surface area contributed by atoms with Crippen molar-refractivity contribution in [2.45, 2.75) is 19.9 Å². The van der Waals surface area contributed by atoms with E-state index in [9.17, 15) is 9.59 Å². The number of hydrogen-bond acceptors (Lipinski definition) is 5. The van der Waals surface area contributed by atoms with Gasteiger partial charge in [-0.1, -0.05) is 0 Å². The molecule has 2 aromatic rings. The van der Waals surface area contributed by atoms with E-state index < -0.39 is 5.97 Å². The second-order valence-electron chi connectivity index (χ2n) is 4.94. The molecule has 0 unspecified atom stereocenters. The number of amides is 1. The molecule has 0 aromatic carbocycles. The van der Waals surface area contributed by atoms with Crippen LogP contribution in [-0.2, 0) is 22.5 Å². The minimum Gasteiger partial charge on any atom is -0.457 e. The molecule has 0 bridgehead atoms. The Balaban J connectivity index is 1.56. The third-order valence-electron chi connectivity index (χ3n) is 3.53. The Hall–Kier alpha value is -2.08. The molecule has 0 spiro atoms. The maximum atomic E-state index is 12.1. The molecule has 0 saturated heterocycles. The van der Waals surface area contributed by atoms with Crippen molar-refractivity contribution in [3.63, 3.8) is 0 Å². The number of esters is 1. The molecule has 1 amide bonds. The average Bonchev–Trinajstić information content (AvgIpc) is 3.11. The molecule has 0 atom stereocenters. The minimum absolute atomic E-state index is 0.154. The largest absolute Gasteiger partial charge is 0.457 e. The Morgan fingerprint density at radius 2 is 2.29 bits per heavy atom. The molecule has 0 fully saturated rings. The van der Waals surface area contributed by atoms with E-state index in [1.807, 2.05) is 11.4 Å². The highest BCUT2D eigenvalue weighted by atomic mass is 32.1. The van der Waals surface area contributed by atoms with Crippen LogP contribution in [0.3, 0.4) is 0 Å². The number of carbonyl (C=O) groups excluding carboxylic acids is 2. The van der Waals surface area contributed by atoms with Crippen LogP contribution in [-0.4, -0.2) is 29.9 Å². The van der Waals surface area contributed by atoms with Gasteiger partial charge in [-0.25, -0.2) is 4.79 Å². The summed E-state index contributed by atoms with van der Waals surface area (Å²) in [5.41, 5.74) is 1.89. The van der Waals surface area contributed by atoms with Gasteiger partial charge in [0.15, 0.2) is 6.61 Å². The van der Waals surface area contributed by atoms with E-state index in [0.29, 0.717) is 18.7 Å². The molecule has 3 rings (SSSR count). The van der Waals surface area contributed by atoms with Gasteiger partial charge in [-0.05, 0) is 36.4 Å². The lowest BCUT2D eigenvalue weighted by Gasteiger charge is -2.26. The van der Waals surface area contributed by atoms with E-state index in [-0.39, 0.29) is 18.3 Å². The normalized spacial score (nSPS) is 13.9. The van der Waals surface area contributed by atoms with Crippen molar-refractivity contribution >= 4 is 23.2 Å². The summed E-state index contributed by atoms with van der Waals surface area (Å²) in [7, 11) is 0. The van der Waals surface area contributed by atoms with Crippen LogP contribution in [0.25, 0.3) is 0 Å². The molecule has 2 aromatic heterocycles. The Kier molecular flexibility index (Phi) is 3.79. The van der Waals surface area contributed by atoms with Crippen LogP contribution in [0.2, 0.25) is 0 Å². The van der Waals surface area contributed by atoms with Crippen LogP contribution in [0.15, 0.2) is 28.2 Å². The standard InChI is InChI=1S/C15H15NO4S/c1-10-3-6-19-14(10)15(18)20-9-13(17)16-5-2-12-11(8-16)4-7-21-12/h3-4,6-7H,2,5,8-9H2,1H3. The van der Waals surface area contributed by atoms with Crippen molar-refractivity contribution in [1.82, 2.24) is 4.90 Å². The zero-order valence-electron chi connectivity index (χ0n) is 11.6. The maximum absolute atomic E-state index is 12.1. The smallest absolute Gasteiger partial charge is 0.375 e. The topological polar surface area (TPSA) is 59.8 Å². The van der Waals surface area contributed by atoms with Gasteiger partial charge in [-0.3, -0.25) is 4.79 Å². The van der Waals surface area contributed by atoms with Crippen LogP contribution in [0.4, 0.5) is 0 Å². The van der Waals surface area contributed by atoms with Gasteiger partial charge in [0.2, 0.25) is 5.76 Å². The predicted molar refractivity (Wildman–Crippen MR) is 77.2 cm³/mol. The van der Waals surface area contributed by atoms with Gasteiger partial charge in [0.25, 0.3) is 5.91 Å². The number of furan rings is 1. The number of nitrogens with zero attached hydrogens (tertiary/aromatic N) is 1. The molecule has 1 aliphatic rings. The molecule has 0 saturated carbocycles. The fourth-order valence-corrected chi connectivity index (χ4v) is 3.22. The monoisotopic (exact) mass is 305 g/mol. The molecular weight excluding hydrogens is 290 g/mol. The number of rotatable bonds is 3. The fourth-order valence-electron chi connectivity index (χ4n) is 2.33. The maximum Gasteiger partial charge on any atom is 0.375 e. The van der Waals surface area contributed by atoms with Crippen molar-refractivity contribution < 1.29 is 18.7 Å². The molecule has 110 valence electrons. The van der Waals surface area contributed by atoms with Gasteiger partial charge in [0, 0.05) is 23.5 Å². The number of hydrogen-bond donors (Lipinski definition) is 0. The average molecular weight is 305 g/mol. The van der Waals surface area contributed by atoms with E-state index in [0.717, 1.165) is 6.42 Å². The second kappa shape index (κ2) is 5.73. The van der Waals surface area contributed by atoms with Gasteiger partial charge in [-0.2, -0.15) is 0 Å². The first-order valence-corrected chi connectivity index (χ1v) is 7.57.